The maximum Gasteiger partial charge on any atom is 0.565 e. The minimum atomic E-state index is -1.45. The number of hydrogen-bond acceptors (Lipinski definition) is 9. The molecule has 0 fully saturated rings. The van der Waals surface area contributed by atoms with Crippen LogP contribution in [-0.2, 0) is 9.68 Å². The van der Waals surface area contributed by atoms with Crippen molar-refractivity contribution >= 4 is 18.0 Å². The molecule has 0 aromatic heterocycles. The van der Waals surface area contributed by atoms with Crippen molar-refractivity contribution in [2.45, 2.75) is 13.8 Å². The molecule has 0 aliphatic heterocycles. The Bertz CT molecular complexity index is 884. The molecule has 2 rings (SSSR count). The van der Waals surface area contributed by atoms with E-state index in [-0.39, 0.29) is 11.1 Å². The summed E-state index contributed by atoms with van der Waals surface area (Å²) >= 11 is 0. The second kappa shape index (κ2) is 11.6. The molecule has 0 saturated heterocycles. The van der Waals surface area contributed by atoms with Crippen LogP contribution in [0.5, 0.6) is 11.5 Å². The number of rotatable bonds is 8. The van der Waals surface area contributed by atoms with Crippen molar-refractivity contribution in [3.63, 3.8) is 0 Å². The molecule has 2 aromatic rings. The van der Waals surface area contributed by atoms with E-state index >= 15 is 0 Å². The fourth-order valence-corrected chi connectivity index (χ4v) is 2.16. The number of ether oxygens (including phenoxy) is 2. The number of para-hydroxylation sites is 2. The van der Waals surface area contributed by atoms with Crippen molar-refractivity contribution < 1.29 is 33.5 Å². The lowest BCUT2D eigenvalue weighted by atomic mass is 10.2. The minimum Gasteiger partial charge on any atom is -0.493 e. The van der Waals surface area contributed by atoms with Crippen molar-refractivity contribution in [2.75, 3.05) is 13.2 Å². The molecule has 0 radical (unpaired) electrons. The van der Waals surface area contributed by atoms with Gasteiger partial charge in [0.2, 0.25) is 0 Å². The Morgan fingerprint density at radius 3 is 1.50 bits per heavy atom. The summed E-state index contributed by atoms with van der Waals surface area (Å²) in [5.41, 5.74) is 0.275. The van der Waals surface area contributed by atoms with Crippen molar-refractivity contribution in [3.05, 3.63) is 59.7 Å². The zero-order valence-corrected chi connectivity index (χ0v) is 16.2. The van der Waals surface area contributed by atoms with Crippen LogP contribution in [0.2, 0.25) is 0 Å². The zero-order valence-electron chi connectivity index (χ0n) is 16.2. The van der Waals surface area contributed by atoms with Crippen LogP contribution < -0.4 is 9.47 Å². The van der Waals surface area contributed by atoms with E-state index in [0.717, 1.165) is 0 Å². The molecule has 0 aliphatic carbocycles. The van der Waals surface area contributed by atoms with Crippen LogP contribution >= 0.6 is 0 Å². The summed E-state index contributed by atoms with van der Waals surface area (Å²) in [6.45, 7) is 4.22. The van der Waals surface area contributed by atoms with Crippen LogP contribution in [0, 0.1) is 0 Å². The highest BCUT2D eigenvalue weighted by molar-refractivity contribution is 5.97. The van der Waals surface area contributed by atoms with Crippen molar-refractivity contribution in [1.82, 2.24) is 0 Å². The standard InChI is InChI=1S/C19H18N4O7/c1-3-27-15-11-7-5-9-13(15)17(24)20-22-29-19(26)30-23-21-18(25)14-10-6-8-12-16(14)28-4-2/h5-12H,3-4H2,1-2H3. The predicted molar refractivity (Wildman–Crippen MR) is 101 cm³/mol. The Balaban J connectivity index is 1.88. The normalized spacial score (nSPS) is 10.7. The summed E-state index contributed by atoms with van der Waals surface area (Å²) in [5.74, 6) is -0.968. The van der Waals surface area contributed by atoms with Gasteiger partial charge >= 0.3 is 18.0 Å². The molecule has 0 spiro atoms. The molecule has 156 valence electrons. The molecule has 0 saturated carbocycles. The summed E-state index contributed by atoms with van der Waals surface area (Å²) in [7, 11) is 0. The Kier molecular flexibility index (Phi) is 8.59. The first-order chi connectivity index (χ1) is 14.6. The van der Waals surface area contributed by atoms with Gasteiger partial charge in [0, 0.05) is 10.6 Å². The van der Waals surface area contributed by atoms with E-state index in [1.54, 1.807) is 50.2 Å². The molecule has 0 N–H and O–H groups in total. The first kappa shape index (κ1) is 22.1. The summed E-state index contributed by atoms with van der Waals surface area (Å²) in [5, 5.41) is 12.4. The highest BCUT2D eigenvalue weighted by Crippen LogP contribution is 2.20. The third-order valence-electron chi connectivity index (χ3n) is 3.33. The fraction of sp³-hybridized carbons (Fsp3) is 0.211. The van der Waals surface area contributed by atoms with E-state index in [0.29, 0.717) is 24.7 Å². The van der Waals surface area contributed by atoms with Gasteiger partial charge in [-0.3, -0.25) is 19.3 Å². The van der Waals surface area contributed by atoms with Gasteiger partial charge in [0.25, 0.3) is 0 Å². The fourth-order valence-electron chi connectivity index (χ4n) is 2.16. The molecule has 0 heterocycles. The number of benzene rings is 2. The van der Waals surface area contributed by atoms with Gasteiger partial charge in [-0.15, -0.1) is 0 Å². The highest BCUT2D eigenvalue weighted by Gasteiger charge is 2.13. The van der Waals surface area contributed by atoms with Gasteiger partial charge in [0.15, 0.2) is 0 Å². The second-order valence-electron chi connectivity index (χ2n) is 5.26. The van der Waals surface area contributed by atoms with Gasteiger partial charge in [0.05, 0.1) is 24.3 Å². The molecule has 30 heavy (non-hydrogen) atoms. The number of hydrogen-bond donors (Lipinski definition) is 0. The number of carbonyl (C=O) groups excluding carboxylic acids is 3. The molecule has 0 aliphatic rings. The third kappa shape index (κ3) is 6.48. The SMILES string of the molecule is CCOc1ccccc1C(=O)N=NOC(=O)ON=NC(=O)c1ccccc1OCC. The number of carbonyl (C=O) groups is 3. The topological polar surface area (TPSA) is 138 Å². The Morgan fingerprint density at radius 2 is 1.10 bits per heavy atom. The quantitative estimate of drug-likeness (QED) is 0.462. The maximum atomic E-state index is 12.0. The molecular formula is C19H18N4O7. The molecule has 0 bridgehead atoms. The smallest absolute Gasteiger partial charge is 0.493 e. The van der Waals surface area contributed by atoms with Gasteiger partial charge in [-0.25, -0.2) is 0 Å². The van der Waals surface area contributed by atoms with Crippen LogP contribution in [0.15, 0.2) is 69.3 Å². The Morgan fingerprint density at radius 1 is 0.700 bits per heavy atom. The van der Waals surface area contributed by atoms with E-state index in [4.69, 9.17) is 9.47 Å². The van der Waals surface area contributed by atoms with E-state index in [1.165, 1.54) is 12.1 Å². The van der Waals surface area contributed by atoms with E-state index in [9.17, 15) is 14.4 Å². The number of nitrogens with zero attached hydrogens (tertiary/aromatic N) is 4. The van der Waals surface area contributed by atoms with Gasteiger partial charge in [-0.2, -0.15) is 4.79 Å². The van der Waals surface area contributed by atoms with Gasteiger partial charge in [0.1, 0.15) is 11.5 Å². The van der Waals surface area contributed by atoms with Crippen molar-refractivity contribution in [1.29, 1.82) is 0 Å². The second-order valence-corrected chi connectivity index (χ2v) is 5.26. The van der Waals surface area contributed by atoms with E-state index in [2.05, 4.69) is 30.5 Å². The van der Waals surface area contributed by atoms with Crippen LogP contribution in [0.25, 0.3) is 0 Å². The molecule has 11 heteroatoms. The summed E-state index contributed by atoms with van der Waals surface area (Å²) in [6, 6.07) is 12.7. The molecule has 0 atom stereocenters. The molecule has 2 aromatic carbocycles. The highest BCUT2D eigenvalue weighted by atomic mass is 16.9. The first-order valence-electron chi connectivity index (χ1n) is 8.79. The van der Waals surface area contributed by atoms with Gasteiger partial charge in [-0.1, -0.05) is 34.5 Å². The maximum absolute atomic E-state index is 12.0. The lowest BCUT2D eigenvalue weighted by Gasteiger charge is -2.05. The summed E-state index contributed by atoms with van der Waals surface area (Å²) < 4.78 is 10.6. The predicted octanol–water partition coefficient (Wildman–Crippen LogP) is 4.35. The zero-order chi connectivity index (χ0) is 21.8. The average Bonchev–Trinajstić information content (AvgIpc) is 2.75. The van der Waals surface area contributed by atoms with Crippen molar-refractivity contribution in [3.8, 4) is 11.5 Å². The van der Waals surface area contributed by atoms with Crippen LogP contribution in [-0.4, -0.2) is 31.2 Å². The van der Waals surface area contributed by atoms with Gasteiger partial charge < -0.3 is 9.47 Å². The Labute approximate surface area is 171 Å². The van der Waals surface area contributed by atoms with E-state index in [1.807, 2.05) is 0 Å². The minimum absolute atomic E-state index is 0.137. The van der Waals surface area contributed by atoms with Crippen LogP contribution in [0.1, 0.15) is 34.6 Å². The largest absolute Gasteiger partial charge is 0.565 e. The molecular weight excluding hydrogens is 396 g/mol. The molecule has 2 amide bonds. The average molecular weight is 414 g/mol. The van der Waals surface area contributed by atoms with Gasteiger partial charge in [-0.05, 0) is 38.1 Å². The lowest BCUT2D eigenvalue weighted by Crippen LogP contribution is -2.03. The number of amides is 2. The first-order valence-corrected chi connectivity index (χ1v) is 8.79. The monoisotopic (exact) mass is 414 g/mol. The lowest BCUT2D eigenvalue weighted by molar-refractivity contribution is 0.0450. The van der Waals surface area contributed by atoms with Crippen LogP contribution in [0.3, 0.4) is 0 Å². The third-order valence-corrected chi connectivity index (χ3v) is 3.33. The Hall–Kier alpha value is -4.15. The molecule has 0 unspecified atom stereocenters. The van der Waals surface area contributed by atoms with E-state index < -0.39 is 18.0 Å². The molecule has 11 nitrogen and oxygen atoms in total. The van der Waals surface area contributed by atoms with Crippen LogP contribution in [0.4, 0.5) is 4.79 Å². The van der Waals surface area contributed by atoms with Crippen molar-refractivity contribution in [2.24, 2.45) is 20.8 Å². The summed E-state index contributed by atoms with van der Waals surface area (Å²) in [6.07, 6.45) is -1.45. The summed E-state index contributed by atoms with van der Waals surface area (Å²) in [4.78, 5) is 43.8.